The average molecular weight is 341 g/mol. The molecule has 0 saturated heterocycles. The van der Waals surface area contributed by atoms with Gasteiger partial charge in [-0.3, -0.25) is 4.79 Å². The Bertz CT molecular complexity index is 540. The minimum Gasteiger partial charge on any atom is -0.378 e. The summed E-state index contributed by atoms with van der Waals surface area (Å²) in [5, 5.41) is 0. The number of rotatable bonds is 4. The first-order valence-electron chi connectivity index (χ1n) is 6.58. The fourth-order valence-corrected chi connectivity index (χ4v) is 1.99. The molecule has 2 rings (SSSR count). The molecule has 5 heteroatoms. The molecular weight excluding hydrogens is 319 g/mol. The van der Waals surface area contributed by atoms with Crippen LogP contribution in [0, 0.1) is 0 Å². The zero-order valence-corrected chi connectivity index (χ0v) is 14.9. The second-order valence-corrected chi connectivity index (χ2v) is 5.21. The Morgan fingerprint density at radius 2 is 0.909 bits per heavy atom. The third-order valence-electron chi connectivity index (χ3n) is 3.29. The van der Waals surface area contributed by atoms with E-state index in [0.717, 1.165) is 11.4 Å². The molecule has 0 radical (unpaired) electrons. The fraction of sp³-hybridized carbons (Fsp3) is 0.235. The van der Waals surface area contributed by atoms with Gasteiger partial charge in [-0.1, -0.05) is 0 Å². The summed E-state index contributed by atoms with van der Waals surface area (Å²) in [6.07, 6.45) is 0. The van der Waals surface area contributed by atoms with Gasteiger partial charge in [-0.2, -0.15) is 0 Å². The molecule has 0 amide bonds. The summed E-state index contributed by atoms with van der Waals surface area (Å²) < 4.78 is 0. The van der Waals surface area contributed by atoms with Gasteiger partial charge in [0.05, 0.1) is 0 Å². The molecular formula is C17H22Cl2N2O. The van der Waals surface area contributed by atoms with Crippen LogP contribution < -0.4 is 9.80 Å². The number of ketones is 1. The molecule has 3 nitrogen and oxygen atoms in total. The summed E-state index contributed by atoms with van der Waals surface area (Å²) >= 11 is 0. The van der Waals surface area contributed by atoms with Gasteiger partial charge in [-0.05, 0) is 48.5 Å². The summed E-state index contributed by atoms with van der Waals surface area (Å²) in [5.74, 6) is 0.0561. The van der Waals surface area contributed by atoms with E-state index in [1.165, 1.54) is 0 Å². The maximum absolute atomic E-state index is 12.4. The highest BCUT2D eigenvalue weighted by Gasteiger charge is 2.09. The van der Waals surface area contributed by atoms with E-state index in [0.29, 0.717) is 11.1 Å². The first-order valence-corrected chi connectivity index (χ1v) is 6.58. The first-order chi connectivity index (χ1) is 9.49. The number of halogens is 2. The number of hydrogen-bond donors (Lipinski definition) is 0. The molecule has 22 heavy (non-hydrogen) atoms. The zero-order valence-electron chi connectivity index (χ0n) is 13.2. The topological polar surface area (TPSA) is 23.6 Å². The summed E-state index contributed by atoms with van der Waals surface area (Å²) in [6.45, 7) is 0. The van der Waals surface area contributed by atoms with Crippen LogP contribution in [0.3, 0.4) is 0 Å². The van der Waals surface area contributed by atoms with E-state index in [9.17, 15) is 4.79 Å². The van der Waals surface area contributed by atoms with Crippen LogP contribution in [0.15, 0.2) is 48.5 Å². The molecule has 0 aromatic heterocycles. The van der Waals surface area contributed by atoms with Crippen LogP contribution in [-0.2, 0) is 0 Å². The van der Waals surface area contributed by atoms with Crippen molar-refractivity contribution < 1.29 is 4.79 Å². The van der Waals surface area contributed by atoms with Gasteiger partial charge in [-0.15, -0.1) is 24.8 Å². The zero-order chi connectivity index (χ0) is 14.7. The Morgan fingerprint density at radius 1 is 0.636 bits per heavy atom. The van der Waals surface area contributed by atoms with Crippen LogP contribution in [0.4, 0.5) is 11.4 Å². The average Bonchev–Trinajstić information content (AvgIpc) is 2.46. The van der Waals surface area contributed by atoms with Crippen LogP contribution in [0.5, 0.6) is 0 Å². The molecule has 0 spiro atoms. The van der Waals surface area contributed by atoms with Gasteiger partial charge >= 0.3 is 0 Å². The first kappa shape index (κ1) is 20.3. The van der Waals surface area contributed by atoms with E-state index in [4.69, 9.17) is 0 Å². The third kappa shape index (κ3) is 4.65. The highest BCUT2D eigenvalue weighted by atomic mass is 35.5. The molecule has 2 aromatic rings. The Hall–Kier alpha value is -1.71. The second kappa shape index (κ2) is 8.66. The highest BCUT2D eigenvalue weighted by Crippen LogP contribution is 2.18. The molecule has 0 saturated carbocycles. The standard InChI is InChI=1S/C17H20N2O.2ClH/c1-18(2)15-9-5-13(6-10-15)17(20)14-7-11-16(12-8-14)19(3)4;;/h5-12H,1-4H3;2*1H. The molecule has 0 unspecified atom stereocenters. The number of nitrogens with zero attached hydrogens (tertiary/aromatic N) is 2. The van der Waals surface area contributed by atoms with Crippen molar-refractivity contribution in [3.05, 3.63) is 59.7 Å². The van der Waals surface area contributed by atoms with E-state index in [1.807, 2.05) is 86.5 Å². The van der Waals surface area contributed by atoms with Gasteiger partial charge in [-0.25, -0.2) is 0 Å². The Labute approximate surface area is 144 Å². The number of benzene rings is 2. The molecule has 2 aromatic carbocycles. The van der Waals surface area contributed by atoms with E-state index in [1.54, 1.807) is 0 Å². The number of anilines is 2. The molecule has 0 fully saturated rings. The van der Waals surface area contributed by atoms with Gasteiger partial charge in [0, 0.05) is 50.7 Å². The van der Waals surface area contributed by atoms with Gasteiger partial charge in [0.25, 0.3) is 0 Å². The lowest BCUT2D eigenvalue weighted by atomic mass is 10.0. The van der Waals surface area contributed by atoms with Gasteiger partial charge in [0.15, 0.2) is 5.78 Å². The molecule has 0 aliphatic carbocycles. The lowest BCUT2D eigenvalue weighted by Crippen LogP contribution is -2.10. The van der Waals surface area contributed by atoms with Crippen molar-refractivity contribution in [2.75, 3.05) is 38.0 Å². The van der Waals surface area contributed by atoms with Crippen molar-refractivity contribution in [3.63, 3.8) is 0 Å². The lowest BCUT2D eigenvalue weighted by molar-refractivity contribution is 0.103. The van der Waals surface area contributed by atoms with Crippen LogP contribution in [0.25, 0.3) is 0 Å². The maximum atomic E-state index is 12.4. The predicted octanol–water partition coefficient (Wildman–Crippen LogP) is 3.89. The Morgan fingerprint density at radius 3 is 1.14 bits per heavy atom. The molecule has 0 aliphatic heterocycles. The smallest absolute Gasteiger partial charge is 0.193 e. The Kier molecular flexibility index (Phi) is 7.99. The van der Waals surface area contributed by atoms with Crippen LogP contribution in [0.2, 0.25) is 0 Å². The van der Waals surface area contributed by atoms with E-state index in [-0.39, 0.29) is 30.6 Å². The molecule has 120 valence electrons. The Balaban J connectivity index is 0.00000220. The molecule has 0 atom stereocenters. The van der Waals surface area contributed by atoms with Crippen LogP contribution >= 0.6 is 24.8 Å². The van der Waals surface area contributed by atoms with E-state index < -0.39 is 0 Å². The second-order valence-electron chi connectivity index (χ2n) is 5.21. The molecule has 0 bridgehead atoms. The number of carbonyl (C=O) groups is 1. The summed E-state index contributed by atoms with van der Waals surface area (Å²) in [6, 6.07) is 15.3. The third-order valence-corrected chi connectivity index (χ3v) is 3.29. The summed E-state index contributed by atoms with van der Waals surface area (Å²) in [7, 11) is 7.93. The number of carbonyl (C=O) groups excluding carboxylic acids is 1. The molecule has 0 aliphatic rings. The van der Waals surface area contributed by atoms with Crippen molar-refractivity contribution in [3.8, 4) is 0 Å². The van der Waals surface area contributed by atoms with Crippen molar-refractivity contribution in [1.29, 1.82) is 0 Å². The molecule has 0 N–H and O–H groups in total. The quantitative estimate of drug-likeness (QED) is 0.788. The van der Waals surface area contributed by atoms with Gasteiger partial charge in [0.1, 0.15) is 0 Å². The fourth-order valence-electron chi connectivity index (χ4n) is 1.99. The van der Waals surface area contributed by atoms with Gasteiger partial charge < -0.3 is 9.80 Å². The SMILES string of the molecule is CN(C)c1ccc(C(=O)c2ccc(N(C)C)cc2)cc1.Cl.Cl. The van der Waals surface area contributed by atoms with Crippen LogP contribution in [0.1, 0.15) is 15.9 Å². The highest BCUT2D eigenvalue weighted by molar-refractivity contribution is 6.09. The van der Waals surface area contributed by atoms with Crippen molar-refractivity contribution in [2.24, 2.45) is 0 Å². The summed E-state index contributed by atoms with van der Waals surface area (Å²) in [4.78, 5) is 16.4. The molecule has 0 heterocycles. The van der Waals surface area contributed by atoms with Crippen molar-refractivity contribution in [1.82, 2.24) is 0 Å². The maximum Gasteiger partial charge on any atom is 0.193 e. The minimum atomic E-state index is 0. The predicted molar refractivity (Wildman–Crippen MR) is 99.5 cm³/mol. The summed E-state index contributed by atoms with van der Waals surface area (Å²) in [5.41, 5.74) is 3.61. The van der Waals surface area contributed by atoms with E-state index >= 15 is 0 Å². The van der Waals surface area contributed by atoms with Crippen molar-refractivity contribution in [2.45, 2.75) is 0 Å². The van der Waals surface area contributed by atoms with E-state index in [2.05, 4.69) is 0 Å². The monoisotopic (exact) mass is 340 g/mol. The van der Waals surface area contributed by atoms with Crippen LogP contribution in [-0.4, -0.2) is 34.0 Å². The largest absolute Gasteiger partial charge is 0.378 e. The van der Waals surface area contributed by atoms with Gasteiger partial charge in [0.2, 0.25) is 0 Å². The van der Waals surface area contributed by atoms with Crippen molar-refractivity contribution >= 4 is 42.0 Å². The minimum absolute atomic E-state index is 0. The number of hydrogen-bond acceptors (Lipinski definition) is 3. The normalized spacial score (nSPS) is 9.27. The lowest BCUT2D eigenvalue weighted by Gasteiger charge is -2.13.